The predicted molar refractivity (Wildman–Crippen MR) is 48.0 cm³/mol. The molecule has 0 aliphatic rings. The van der Waals surface area contributed by atoms with Gasteiger partial charge in [-0.25, -0.2) is 4.57 Å². The topological polar surface area (TPSA) is 152 Å². The summed E-state index contributed by atoms with van der Waals surface area (Å²) in [7, 11) is -4.64. The maximum atomic E-state index is 9.90. The average Bonchev–Trinajstić information content (AvgIpc) is 1.94. The van der Waals surface area contributed by atoms with Crippen LogP contribution < -0.4 is 0 Å². The van der Waals surface area contributed by atoms with Crippen molar-refractivity contribution in [1.82, 2.24) is 0 Å². The van der Waals surface area contributed by atoms with Crippen LogP contribution in [-0.2, 0) is 14.2 Å². The summed E-state index contributed by atoms with van der Waals surface area (Å²) in [6, 6.07) is 0. The molecule has 0 radical (unpaired) electrons. The van der Waals surface area contributed by atoms with Crippen LogP contribution in [0.1, 0.15) is 25.7 Å². The van der Waals surface area contributed by atoms with Crippen molar-refractivity contribution in [1.29, 1.82) is 0 Å². The summed E-state index contributed by atoms with van der Waals surface area (Å²) in [6.07, 6.45) is 1.02. The van der Waals surface area contributed by atoms with Gasteiger partial charge in [-0.15, -0.1) is 0 Å². The van der Waals surface area contributed by atoms with Gasteiger partial charge in [0.05, 0.1) is 0 Å². The Hall–Kier alpha value is -0.950. The fourth-order valence-corrected chi connectivity index (χ4v) is 0.552. The van der Waals surface area contributed by atoms with Crippen molar-refractivity contribution in [3.05, 3.63) is 0 Å². The van der Waals surface area contributed by atoms with E-state index in [2.05, 4.69) is 0 Å². The standard InChI is InChI=1S/C6H10O4.H3O4P/c7-5(8)3-1-2-4-6(9)10;1-5(2,3)4/h1-4H2,(H,7,8)(H,9,10);(H3,1,2,3,4). The molecule has 0 bridgehead atoms. The van der Waals surface area contributed by atoms with Crippen molar-refractivity contribution >= 4 is 19.8 Å². The zero-order valence-electron chi connectivity index (χ0n) is 7.74. The van der Waals surface area contributed by atoms with Crippen LogP contribution in [0.3, 0.4) is 0 Å². The third-order valence-electron chi connectivity index (χ3n) is 1.03. The number of aliphatic carboxylic acids is 2. The molecule has 0 aliphatic carbocycles. The lowest BCUT2D eigenvalue weighted by molar-refractivity contribution is -0.139. The third-order valence-corrected chi connectivity index (χ3v) is 1.03. The van der Waals surface area contributed by atoms with Gasteiger partial charge in [-0.05, 0) is 12.8 Å². The normalized spacial score (nSPS) is 10.1. The Balaban J connectivity index is 0. The van der Waals surface area contributed by atoms with Crippen LogP contribution in [0.25, 0.3) is 0 Å². The highest BCUT2D eigenvalue weighted by molar-refractivity contribution is 7.45. The van der Waals surface area contributed by atoms with Crippen molar-refractivity contribution in [3.8, 4) is 0 Å². The Morgan fingerprint density at radius 2 is 1.07 bits per heavy atom. The quantitative estimate of drug-likeness (QED) is 0.329. The van der Waals surface area contributed by atoms with Gasteiger partial charge in [0.1, 0.15) is 0 Å². The van der Waals surface area contributed by atoms with Gasteiger partial charge in [-0.2, -0.15) is 0 Å². The van der Waals surface area contributed by atoms with Crippen LogP contribution in [0.2, 0.25) is 0 Å². The number of phosphoric acid groups is 1. The molecule has 0 aromatic heterocycles. The minimum atomic E-state index is -4.64. The van der Waals surface area contributed by atoms with Crippen LogP contribution in [0, 0.1) is 0 Å². The van der Waals surface area contributed by atoms with E-state index in [1.54, 1.807) is 0 Å². The zero-order chi connectivity index (χ0) is 12.5. The van der Waals surface area contributed by atoms with Crippen molar-refractivity contribution in [2.45, 2.75) is 25.7 Å². The van der Waals surface area contributed by atoms with E-state index < -0.39 is 19.8 Å². The Bertz CT molecular complexity index is 219. The summed E-state index contributed by atoms with van der Waals surface area (Å²) in [5.41, 5.74) is 0. The van der Waals surface area contributed by atoms with Crippen LogP contribution >= 0.6 is 7.82 Å². The minimum absolute atomic E-state index is 0.0628. The van der Waals surface area contributed by atoms with Gasteiger partial charge < -0.3 is 24.9 Å². The van der Waals surface area contributed by atoms with Gasteiger partial charge in [0.2, 0.25) is 0 Å². The molecule has 0 fully saturated rings. The highest BCUT2D eigenvalue weighted by atomic mass is 31.2. The highest BCUT2D eigenvalue weighted by Crippen LogP contribution is 2.25. The SMILES string of the molecule is O=C(O)CCCCC(=O)O.O=P(O)(O)O. The van der Waals surface area contributed by atoms with Gasteiger partial charge in [0, 0.05) is 12.8 Å². The second-order valence-electron chi connectivity index (χ2n) is 2.51. The molecule has 0 saturated heterocycles. The maximum absolute atomic E-state index is 9.90. The van der Waals surface area contributed by atoms with E-state index >= 15 is 0 Å². The van der Waals surface area contributed by atoms with Gasteiger partial charge in [-0.1, -0.05) is 0 Å². The molecule has 0 aromatic rings. The number of carbonyl (C=O) groups is 2. The molecule has 0 aliphatic heterocycles. The molecule has 0 spiro atoms. The molecular formula is C6H13O8P. The molecule has 0 rings (SSSR count). The summed E-state index contributed by atoms with van der Waals surface area (Å²) in [5.74, 6) is -1.74. The molecule has 0 unspecified atom stereocenters. The third kappa shape index (κ3) is 43.5. The average molecular weight is 244 g/mol. The summed E-state index contributed by atoms with van der Waals surface area (Å²) < 4.78 is 8.88. The van der Waals surface area contributed by atoms with Gasteiger partial charge in [-0.3, -0.25) is 9.59 Å². The fourth-order valence-electron chi connectivity index (χ4n) is 0.552. The first-order valence-electron chi connectivity index (χ1n) is 3.85. The molecular weight excluding hydrogens is 231 g/mol. The van der Waals surface area contributed by atoms with E-state index in [4.69, 9.17) is 29.5 Å². The van der Waals surface area contributed by atoms with E-state index in [1.807, 2.05) is 0 Å². The molecule has 0 atom stereocenters. The fraction of sp³-hybridized carbons (Fsp3) is 0.667. The van der Waals surface area contributed by atoms with Crippen LogP contribution in [-0.4, -0.2) is 36.8 Å². The lowest BCUT2D eigenvalue weighted by Crippen LogP contribution is -1.97. The molecule has 8 nitrogen and oxygen atoms in total. The van der Waals surface area contributed by atoms with Gasteiger partial charge >= 0.3 is 19.8 Å². The zero-order valence-corrected chi connectivity index (χ0v) is 8.63. The smallest absolute Gasteiger partial charge is 0.466 e. The molecule has 5 N–H and O–H groups in total. The predicted octanol–water partition coefficient (Wildman–Crippen LogP) is -0.213. The lowest BCUT2D eigenvalue weighted by Gasteiger charge is -1.92. The van der Waals surface area contributed by atoms with Crippen LogP contribution in [0.15, 0.2) is 0 Å². The number of carboxylic acid groups (broad SMARTS) is 2. The first-order chi connectivity index (χ1) is 6.63. The first kappa shape index (κ1) is 16.5. The number of hydrogen-bond donors (Lipinski definition) is 5. The second-order valence-corrected chi connectivity index (χ2v) is 3.53. The molecule has 0 saturated carbocycles. The van der Waals surface area contributed by atoms with E-state index in [0.717, 1.165) is 0 Å². The monoisotopic (exact) mass is 244 g/mol. The Morgan fingerprint density at radius 1 is 0.867 bits per heavy atom. The Morgan fingerprint density at radius 3 is 1.20 bits per heavy atom. The minimum Gasteiger partial charge on any atom is -0.481 e. The van der Waals surface area contributed by atoms with Crippen molar-refractivity contribution in [3.63, 3.8) is 0 Å². The van der Waals surface area contributed by atoms with Gasteiger partial charge in [0.25, 0.3) is 0 Å². The van der Waals surface area contributed by atoms with E-state index in [0.29, 0.717) is 12.8 Å². The van der Waals surface area contributed by atoms with Crippen LogP contribution in [0.4, 0.5) is 0 Å². The number of rotatable bonds is 5. The van der Waals surface area contributed by atoms with E-state index in [9.17, 15) is 9.59 Å². The summed E-state index contributed by atoms with van der Waals surface area (Å²) >= 11 is 0. The summed E-state index contributed by atoms with van der Waals surface area (Å²) in [6.45, 7) is 0. The number of unbranched alkanes of at least 4 members (excludes halogenated alkanes) is 1. The maximum Gasteiger partial charge on any atom is 0.466 e. The van der Waals surface area contributed by atoms with Crippen molar-refractivity contribution in [2.24, 2.45) is 0 Å². The molecule has 15 heavy (non-hydrogen) atoms. The second kappa shape index (κ2) is 8.37. The number of hydrogen-bond acceptors (Lipinski definition) is 3. The van der Waals surface area contributed by atoms with Crippen molar-refractivity contribution < 1.29 is 39.0 Å². The summed E-state index contributed by atoms with van der Waals surface area (Å²) in [5, 5.41) is 16.3. The molecule has 9 heteroatoms. The Labute approximate surface area is 85.4 Å². The molecule has 0 heterocycles. The van der Waals surface area contributed by atoms with E-state index in [-0.39, 0.29) is 12.8 Å². The molecule has 0 amide bonds. The lowest BCUT2D eigenvalue weighted by atomic mass is 10.2. The van der Waals surface area contributed by atoms with E-state index in [1.165, 1.54) is 0 Å². The van der Waals surface area contributed by atoms with Crippen molar-refractivity contribution in [2.75, 3.05) is 0 Å². The number of carboxylic acids is 2. The van der Waals surface area contributed by atoms with Crippen LogP contribution in [0.5, 0.6) is 0 Å². The molecule has 90 valence electrons. The summed E-state index contributed by atoms with van der Waals surface area (Å²) in [4.78, 5) is 41.4. The Kier molecular flexibility index (Phi) is 9.19. The first-order valence-corrected chi connectivity index (χ1v) is 5.41. The molecule has 0 aromatic carbocycles. The highest BCUT2D eigenvalue weighted by Gasteiger charge is 2.00. The van der Waals surface area contributed by atoms with Gasteiger partial charge in [0.15, 0.2) is 0 Å². The largest absolute Gasteiger partial charge is 0.481 e.